The number of hydrogen-bond acceptors (Lipinski definition) is 11. The summed E-state index contributed by atoms with van der Waals surface area (Å²) in [6, 6.07) is 0. The maximum absolute atomic E-state index is 12.6. The summed E-state index contributed by atoms with van der Waals surface area (Å²) in [6.07, 6.45) is -18.0. The zero-order valence-electron chi connectivity index (χ0n) is 14.7. The van der Waals surface area contributed by atoms with Gasteiger partial charge in [0.25, 0.3) is 0 Å². The Bertz CT molecular complexity index is 824. The van der Waals surface area contributed by atoms with E-state index in [-0.39, 0.29) is 0 Å². The lowest BCUT2D eigenvalue weighted by Crippen LogP contribution is -2.69. The standard InChI is InChI=1S/C6H16O21P5/c7-1-2(23-28(8,9)10)4(25-30(14,15)16)6(27-32(20,21)22)5(26-31(17,18)19)3(1)24-29(11,12)13/h1-6H,(H2,8,9,10)(H2,11,12,13)(H2,14,15,16)(H2,17,18,19)(H2,20,21,22)/q-1. The van der Waals surface area contributed by atoms with Crippen molar-refractivity contribution in [2.45, 2.75) is 36.6 Å². The molecule has 0 aliphatic heterocycles. The molecule has 192 valence electrons. The molecule has 32 heavy (non-hydrogen) atoms. The zero-order chi connectivity index (χ0) is 25.5. The van der Waals surface area contributed by atoms with E-state index < -0.39 is 75.7 Å². The van der Waals surface area contributed by atoms with Crippen molar-refractivity contribution < 1.29 is 99.5 Å². The number of phosphoric ester groups is 5. The predicted octanol–water partition coefficient (Wildman–Crippen LogP) is -3.88. The van der Waals surface area contributed by atoms with Crippen molar-refractivity contribution in [1.82, 2.24) is 0 Å². The first-order chi connectivity index (χ1) is 13.9. The monoisotopic (exact) mass is 579 g/mol. The van der Waals surface area contributed by atoms with Gasteiger partial charge in [0.05, 0.1) is 12.2 Å². The molecule has 0 aromatic heterocycles. The highest BCUT2D eigenvalue weighted by molar-refractivity contribution is 7.47. The number of hydrogen-bond donors (Lipinski definition) is 10. The first-order valence-corrected chi connectivity index (χ1v) is 14.9. The Hall–Kier alpha value is 0.510. The number of rotatable bonds is 10. The van der Waals surface area contributed by atoms with Crippen LogP contribution in [0.2, 0.25) is 0 Å². The predicted molar refractivity (Wildman–Crippen MR) is 88.4 cm³/mol. The fraction of sp³-hybridized carbons (Fsp3) is 1.00. The Morgan fingerprint density at radius 3 is 0.750 bits per heavy atom. The first-order valence-electron chi connectivity index (χ1n) is 7.24. The van der Waals surface area contributed by atoms with E-state index in [9.17, 15) is 27.9 Å². The van der Waals surface area contributed by atoms with Crippen LogP contribution in [0.3, 0.4) is 0 Å². The summed E-state index contributed by atoms with van der Waals surface area (Å²) in [5, 5.41) is 12.6. The minimum absolute atomic E-state index is 2.96. The average molecular weight is 579 g/mol. The third kappa shape index (κ3) is 10.8. The van der Waals surface area contributed by atoms with Crippen LogP contribution in [0.5, 0.6) is 0 Å². The molecule has 0 radical (unpaired) electrons. The summed E-state index contributed by atoms with van der Waals surface area (Å²) in [7, 11) is -29.2. The van der Waals surface area contributed by atoms with Crippen LogP contribution in [0.1, 0.15) is 0 Å². The minimum Gasteiger partial charge on any atom is -0.848 e. The molecule has 1 fully saturated rings. The molecular weight excluding hydrogens is 563 g/mol. The van der Waals surface area contributed by atoms with Crippen LogP contribution in [-0.2, 0) is 45.4 Å². The van der Waals surface area contributed by atoms with Gasteiger partial charge in [-0.1, -0.05) is 6.10 Å². The quantitative estimate of drug-likeness (QED) is 0.111. The van der Waals surface area contributed by atoms with Crippen LogP contribution in [0, 0.1) is 0 Å². The van der Waals surface area contributed by atoms with E-state index in [4.69, 9.17) is 48.9 Å². The first kappa shape index (κ1) is 30.5. The van der Waals surface area contributed by atoms with Gasteiger partial charge in [-0.3, -0.25) is 22.6 Å². The maximum atomic E-state index is 12.6. The van der Waals surface area contributed by atoms with E-state index in [1.165, 1.54) is 0 Å². The molecular formula is C6H16O21P5-. The van der Waals surface area contributed by atoms with E-state index in [0.29, 0.717) is 0 Å². The highest BCUT2D eigenvalue weighted by atomic mass is 31.2. The van der Waals surface area contributed by atoms with Gasteiger partial charge in [-0.25, -0.2) is 22.8 Å². The van der Waals surface area contributed by atoms with E-state index in [2.05, 4.69) is 22.6 Å². The molecule has 1 aliphatic rings. The molecule has 1 aliphatic carbocycles. The summed E-state index contributed by atoms with van der Waals surface area (Å²) in [5.74, 6) is 0. The largest absolute Gasteiger partial charge is 0.848 e. The molecule has 0 aromatic rings. The molecule has 0 amide bonds. The van der Waals surface area contributed by atoms with Crippen LogP contribution in [0.4, 0.5) is 0 Å². The third-order valence-electron chi connectivity index (χ3n) is 3.24. The molecule has 1 rings (SSSR count). The molecule has 10 N–H and O–H groups in total. The lowest BCUT2D eigenvalue weighted by atomic mass is 9.85. The summed E-state index contributed by atoms with van der Waals surface area (Å²) < 4.78 is 76.3. The Morgan fingerprint density at radius 2 is 0.562 bits per heavy atom. The van der Waals surface area contributed by atoms with Gasteiger partial charge in [0.15, 0.2) is 0 Å². The Balaban J connectivity index is 3.77. The molecule has 0 aromatic carbocycles. The van der Waals surface area contributed by atoms with Gasteiger partial charge in [-0.15, -0.1) is 0 Å². The number of phosphoric acid groups is 5. The van der Waals surface area contributed by atoms with Crippen LogP contribution >= 0.6 is 39.1 Å². The van der Waals surface area contributed by atoms with Crippen molar-refractivity contribution in [3.05, 3.63) is 0 Å². The fourth-order valence-corrected chi connectivity index (χ4v) is 5.30. The molecule has 4 atom stereocenters. The summed E-state index contributed by atoms with van der Waals surface area (Å²) in [5.41, 5.74) is 0. The fourth-order valence-electron chi connectivity index (χ4n) is 2.51. The second-order valence-electron chi connectivity index (χ2n) is 5.77. The summed E-state index contributed by atoms with van der Waals surface area (Å²) in [6.45, 7) is 0. The summed E-state index contributed by atoms with van der Waals surface area (Å²) in [4.78, 5) is 89.8. The molecule has 4 unspecified atom stereocenters. The van der Waals surface area contributed by atoms with Crippen molar-refractivity contribution in [3.8, 4) is 0 Å². The van der Waals surface area contributed by atoms with Crippen molar-refractivity contribution >= 4 is 39.1 Å². The van der Waals surface area contributed by atoms with Gasteiger partial charge in [0.1, 0.15) is 18.3 Å². The van der Waals surface area contributed by atoms with Crippen LogP contribution in [0.15, 0.2) is 0 Å². The highest BCUT2D eigenvalue weighted by Gasteiger charge is 2.57. The van der Waals surface area contributed by atoms with Crippen LogP contribution in [-0.4, -0.2) is 85.6 Å². The average Bonchev–Trinajstić information content (AvgIpc) is 2.45. The lowest BCUT2D eigenvalue weighted by Gasteiger charge is -2.51. The molecule has 0 saturated heterocycles. The summed E-state index contributed by atoms with van der Waals surface area (Å²) >= 11 is 0. The van der Waals surface area contributed by atoms with Crippen molar-refractivity contribution in [1.29, 1.82) is 0 Å². The third-order valence-corrected chi connectivity index (χ3v) is 5.83. The molecule has 26 heteroatoms. The van der Waals surface area contributed by atoms with Crippen molar-refractivity contribution in [3.63, 3.8) is 0 Å². The zero-order valence-corrected chi connectivity index (χ0v) is 19.1. The minimum atomic E-state index is -5.88. The molecule has 0 heterocycles. The SMILES string of the molecule is O=P(O)(O)OC1C([O-])C(OP(=O)(O)O)C(OP(=O)(O)O)C(OP(=O)(O)O)C1OP(=O)(O)O. The lowest BCUT2D eigenvalue weighted by molar-refractivity contribution is -0.469. The van der Waals surface area contributed by atoms with Gasteiger partial charge in [0.2, 0.25) is 0 Å². The van der Waals surface area contributed by atoms with Crippen LogP contribution < -0.4 is 5.11 Å². The highest BCUT2D eigenvalue weighted by Crippen LogP contribution is 2.54. The topological polar surface area (TPSA) is 357 Å². The molecule has 0 bridgehead atoms. The van der Waals surface area contributed by atoms with Crippen LogP contribution in [0.25, 0.3) is 0 Å². The van der Waals surface area contributed by atoms with E-state index in [0.717, 1.165) is 0 Å². The van der Waals surface area contributed by atoms with Gasteiger partial charge >= 0.3 is 39.1 Å². The van der Waals surface area contributed by atoms with Gasteiger partial charge in [-0.05, 0) is 0 Å². The van der Waals surface area contributed by atoms with Gasteiger partial charge in [0, 0.05) is 0 Å². The molecule has 0 spiro atoms. The van der Waals surface area contributed by atoms with Crippen molar-refractivity contribution in [2.75, 3.05) is 0 Å². The normalized spacial score (nSPS) is 31.0. The Kier molecular flexibility index (Phi) is 9.78. The smallest absolute Gasteiger partial charge is 0.470 e. The van der Waals surface area contributed by atoms with Crippen molar-refractivity contribution in [2.24, 2.45) is 0 Å². The second kappa shape index (κ2) is 10.2. The second-order valence-corrected chi connectivity index (χ2v) is 11.7. The Morgan fingerprint density at radius 1 is 0.406 bits per heavy atom. The maximum Gasteiger partial charge on any atom is 0.470 e. The van der Waals surface area contributed by atoms with E-state index >= 15 is 0 Å². The van der Waals surface area contributed by atoms with E-state index in [1.54, 1.807) is 0 Å². The van der Waals surface area contributed by atoms with Gasteiger partial charge < -0.3 is 54.0 Å². The van der Waals surface area contributed by atoms with Gasteiger partial charge in [-0.2, -0.15) is 0 Å². The molecule has 21 nitrogen and oxygen atoms in total. The molecule has 1 saturated carbocycles. The van der Waals surface area contributed by atoms with E-state index in [1.807, 2.05) is 0 Å². The Labute approximate surface area is 176 Å².